The number of carbonyl (C=O) groups is 1. The second-order valence-electron chi connectivity index (χ2n) is 6.36. The molecular weight excluding hydrogens is 250 g/mol. The SMILES string of the molecule is CCC1(C(=O)O)CCN(Cc2ccc3c(c2)CCC3)C1. The van der Waals surface area contributed by atoms with E-state index in [9.17, 15) is 9.90 Å². The average Bonchev–Trinajstić information content (AvgIpc) is 3.05. The van der Waals surface area contributed by atoms with Gasteiger partial charge in [0.1, 0.15) is 0 Å². The molecule has 1 aromatic carbocycles. The molecule has 1 atom stereocenters. The van der Waals surface area contributed by atoms with Gasteiger partial charge in [0.25, 0.3) is 0 Å². The predicted octanol–water partition coefficient (Wildman–Crippen LogP) is 2.86. The van der Waals surface area contributed by atoms with E-state index in [0.717, 1.165) is 25.9 Å². The van der Waals surface area contributed by atoms with Crippen LogP contribution in [0.3, 0.4) is 0 Å². The minimum atomic E-state index is -0.628. The summed E-state index contributed by atoms with van der Waals surface area (Å²) in [6.07, 6.45) is 5.21. The molecule has 0 spiro atoms. The summed E-state index contributed by atoms with van der Waals surface area (Å²) >= 11 is 0. The maximum atomic E-state index is 11.5. The van der Waals surface area contributed by atoms with Crippen molar-refractivity contribution in [2.75, 3.05) is 13.1 Å². The molecule has 20 heavy (non-hydrogen) atoms. The molecule has 0 aromatic heterocycles. The number of carboxylic acid groups (broad SMARTS) is 1. The molecule has 3 heteroatoms. The molecule has 1 heterocycles. The Morgan fingerprint density at radius 2 is 2.15 bits per heavy atom. The van der Waals surface area contributed by atoms with E-state index in [2.05, 4.69) is 23.1 Å². The van der Waals surface area contributed by atoms with Crippen LogP contribution in [0.4, 0.5) is 0 Å². The normalized spacial score (nSPS) is 25.9. The topological polar surface area (TPSA) is 40.5 Å². The van der Waals surface area contributed by atoms with Crippen LogP contribution in [0.5, 0.6) is 0 Å². The Morgan fingerprint density at radius 3 is 2.85 bits per heavy atom. The van der Waals surface area contributed by atoms with Crippen molar-refractivity contribution in [3.63, 3.8) is 0 Å². The number of aliphatic carboxylic acids is 1. The lowest BCUT2D eigenvalue weighted by Gasteiger charge is -2.23. The van der Waals surface area contributed by atoms with Crippen LogP contribution in [-0.4, -0.2) is 29.1 Å². The first kappa shape index (κ1) is 13.6. The van der Waals surface area contributed by atoms with E-state index in [4.69, 9.17) is 0 Å². The number of fused-ring (bicyclic) bond motifs is 1. The molecule has 1 saturated heterocycles. The van der Waals surface area contributed by atoms with Crippen molar-refractivity contribution in [3.8, 4) is 0 Å². The minimum Gasteiger partial charge on any atom is -0.481 e. The van der Waals surface area contributed by atoms with Gasteiger partial charge in [0.15, 0.2) is 0 Å². The van der Waals surface area contributed by atoms with E-state index >= 15 is 0 Å². The van der Waals surface area contributed by atoms with Crippen LogP contribution < -0.4 is 0 Å². The van der Waals surface area contributed by atoms with Crippen LogP contribution in [0.2, 0.25) is 0 Å². The minimum absolute atomic E-state index is 0.517. The van der Waals surface area contributed by atoms with Crippen LogP contribution in [0.15, 0.2) is 18.2 Å². The monoisotopic (exact) mass is 273 g/mol. The summed E-state index contributed by atoms with van der Waals surface area (Å²) in [5.74, 6) is -0.628. The first-order valence-electron chi connectivity index (χ1n) is 7.69. The Bertz CT molecular complexity index is 526. The number of hydrogen-bond donors (Lipinski definition) is 1. The zero-order valence-electron chi connectivity index (χ0n) is 12.2. The summed E-state index contributed by atoms with van der Waals surface area (Å²) in [6.45, 7) is 4.47. The Morgan fingerprint density at radius 1 is 1.35 bits per heavy atom. The molecule has 1 aliphatic carbocycles. The van der Waals surface area contributed by atoms with Crippen molar-refractivity contribution >= 4 is 5.97 Å². The Labute approximate surface area is 120 Å². The lowest BCUT2D eigenvalue weighted by Crippen LogP contribution is -2.33. The van der Waals surface area contributed by atoms with Gasteiger partial charge in [0.05, 0.1) is 5.41 Å². The number of likely N-dealkylation sites (tertiary alicyclic amines) is 1. The highest BCUT2D eigenvalue weighted by molar-refractivity contribution is 5.75. The lowest BCUT2D eigenvalue weighted by atomic mass is 9.84. The summed E-state index contributed by atoms with van der Waals surface area (Å²) in [6, 6.07) is 6.81. The zero-order chi connectivity index (χ0) is 14.2. The van der Waals surface area contributed by atoms with Crippen LogP contribution in [0.25, 0.3) is 0 Å². The Hall–Kier alpha value is -1.35. The van der Waals surface area contributed by atoms with Gasteiger partial charge < -0.3 is 5.11 Å². The fourth-order valence-electron chi connectivity index (χ4n) is 3.69. The van der Waals surface area contributed by atoms with Gasteiger partial charge in [-0.1, -0.05) is 25.1 Å². The van der Waals surface area contributed by atoms with E-state index in [1.54, 1.807) is 0 Å². The first-order chi connectivity index (χ1) is 9.63. The summed E-state index contributed by atoms with van der Waals surface area (Å²) in [7, 11) is 0. The first-order valence-corrected chi connectivity index (χ1v) is 7.69. The highest BCUT2D eigenvalue weighted by Gasteiger charge is 2.43. The summed E-state index contributed by atoms with van der Waals surface area (Å²) in [5.41, 5.74) is 3.82. The van der Waals surface area contributed by atoms with Gasteiger partial charge in [-0.05, 0) is 55.3 Å². The van der Waals surface area contributed by atoms with Gasteiger partial charge >= 0.3 is 5.97 Å². The van der Waals surface area contributed by atoms with Crippen molar-refractivity contribution in [1.29, 1.82) is 0 Å². The standard InChI is InChI=1S/C17H23NO2/c1-2-17(16(19)20)8-9-18(12-17)11-13-6-7-14-4-3-5-15(14)10-13/h6-7,10H,2-5,8-9,11-12H2,1H3,(H,19,20). The third kappa shape index (κ3) is 2.35. The van der Waals surface area contributed by atoms with Gasteiger partial charge in [-0.15, -0.1) is 0 Å². The highest BCUT2D eigenvalue weighted by Crippen LogP contribution is 2.35. The number of hydrogen-bond acceptors (Lipinski definition) is 2. The summed E-state index contributed by atoms with van der Waals surface area (Å²) in [4.78, 5) is 13.8. The Kier molecular flexibility index (Phi) is 3.55. The molecule has 3 nitrogen and oxygen atoms in total. The number of nitrogens with zero attached hydrogens (tertiary/aromatic N) is 1. The van der Waals surface area contributed by atoms with E-state index < -0.39 is 11.4 Å². The summed E-state index contributed by atoms with van der Waals surface area (Å²) in [5, 5.41) is 9.45. The average molecular weight is 273 g/mol. The maximum Gasteiger partial charge on any atom is 0.310 e. The molecule has 3 rings (SSSR count). The van der Waals surface area contributed by atoms with Gasteiger partial charge in [-0.3, -0.25) is 9.69 Å². The van der Waals surface area contributed by atoms with E-state index in [0.29, 0.717) is 6.54 Å². The number of benzene rings is 1. The molecule has 0 saturated carbocycles. The van der Waals surface area contributed by atoms with E-state index in [1.165, 1.54) is 36.0 Å². The van der Waals surface area contributed by atoms with Gasteiger partial charge in [-0.2, -0.15) is 0 Å². The molecule has 108 valence electrons. The van der Waals surface area contributed by atoms with Crippen molar-refractivity contribution in [2.24, 2.45) is 5.41 Å². The zero-order valence-corrected chi connectivity index (χ0v) is 12.2. The highest BCUT2D eigenvalue weighted by atomic mass is 16.4. The number of aryl methyl sites for hydroxylation is 2. The van der Waals surface area contributed by atoms with Gasteiger partial charge in [0.2, 0.25) is 0 Å². The molecule has 1 aliphatic heterocycles. The van der Waals surface area contributed by atoms with Crippen molar-refractivity contribution in [3.05, 3.63) is 34.9 Å². The lowest BCUT2D eigenvalue weighted by molar-refractivity contribution is -0.148. The van der Waals surface area contributed by atoms with Crippen LogP contribution in [0.1, 0.15) is 42.9 Å². The maximum absolute atomic E-state index is 11.5. The third-order valence-electron chi connectivity index (χ3n) is 5.13. The molecule has 1 aromatic rings. The number of rotatable bonds is 4. The molecule has 1 fully saturated rings. The smallest absolute Gasteiger partial charge is 0.310 e. The van der Waals surface area contributed by atoms with Gasteiger partial charge in [-0.25, -0.2) is 0 Å². The fourth-order valence-corrected chi connectivity index (χ4v) is 3.69. The molecule has 1 unspecified atom stereocenters. The van der Waals surface area contributed by atoms with Crippen molar-refractivity contribution < 1.29 is 9.90 Å². The van der Waals surface area contributed by atoms with Gasteiger partial charge in [0, 0.05) is 13.1 Å². The van der Waals surface area contributed by atoms with E-state index in [-0.39, 0.29) is 0 Å². The second-order valence-corrected chi connectivity index (χ2v) is 6.36. The molecule has 0 amide bonds. The molecule has 1 N–H and O–H groups in total. The largest absolute Gasteiger partial charge is 0.481 e. The Balaban J connectivity index is 1.69. The van der Waals surface area contributed by atoms with Crippen LogP contribution >= 0.6 is 0 Å². The van der Waals surface area contributed by atoms with E-state index in [1.807, 2.05) is 6.92 Å². The van der Waals surface area contributed by atoms with Crippen LogP contribution in [-0.2, 0) is 24.2 Å². The summed E-state index contributed by atoms with van der Waals surface area (Å²) < 4.78 is 0. The quantitative estimate of drug-likeness (QED) is 0.917. The second kappa shape index (κ2) is 5.21. The molecule has 2 aliphatic rings. The van der Waals surface area contributed by atoms with Crippen LogP contribution in [0, 0.1) is 5.41 Å². The number of carboxylic acids is 1. The molecule has 0 radical (unpaired) electrons. The third-order valence-corrected chi connectivity index (χ3v) is 5.13. The molecule has 0 bridgehead atoms. The predicted molar refractivity (Wildman–Crippen MR) is 78.7 cm³/mol. The van der Waals surface area contributed by atoms with Crippen molar-refractivity contribution in [1.82, 2.24) is 4.90 Å². The van der Waals surface area contributed by atoms with Crippen molar-refractivity contribution in [2.45, 2.75) is 45.6 Å². The fraction of sp³-hybridized carbons (Fsp3) is 0.588. The molecular formula is C17H23NO2.